The van der Waals surface area contributed by atoms with E-state index >= 15 is 0 Å². The molecule has 0 aromatic heterocycles. The van der Waals surface area contributed by atoms with E-state index in [1.165, 1.54) is 0 Å². The minimum absolute atomic E-state index is 0.638. The summed E-state index contributed by atoms with van der Waals surface area (Å²) in [6, 6.07) is 0. The van der Waals surface area contributed by atoms with Crippen LogP contribution in [0.3, 0.4) is 0 Å². The number of rotatable bonds is 0. The van der Waals surface area contributed by atoms with Gasteiger partial charge in [-0.15, -0.1) is 11.8 Å². The average molecular weight is 114 g/mol. The summed E-state index contributed by atoms with van der Waals surface area (Å²) in [6.07, 6.45) is 1.80. The Morgan fingerprint density at radius 2 is 2.71 bits per heavy atom. The molecule has 3 heteroatoms. The van der Waals surface area contributed by atoms with Crippen LogP contribution in [-0.4, -0.2) is 11.7 Å². The molecule has 0 aromatic rings. The molecule has 2 N–H and O–H groups in total. The van der Waals surface area contributed by atoms with Gasteiger partial charge in [0.2, 0.25) is 0 Å². The molecular formula is C4H6N2S. The normalized spacial score (nSPS) is 19.1. The summed E-state index contributed by atoms with van der Waals surface area (Å²) in [5.41, 5.74) is 5.28. The summed E-state index contributed by atoms with van der Waals surface area (Å²) in [6.45, 7) is 0. The van der Waals surface area contributed by atoms with E-state index in [2.05, 4.69) is 4.99 Å². The maximum atomic E-state index is 5.28. The predicted octanol–water partition coefficient (Wildman–Crippen LogP) is 0.562. The van der Waals surface area contributed by atoms with Gasteiger partial charge in [0.25, 0.3) is 0 Å². The van der Waals surface area contributed by atoms with Crippen LogP contribution < -0.4 is 5.73 Å². The van der Waals surface area contributed by atoms with Crippen molar-refractivity contribution in [3.8, 4) is 0 Å². The first-order chi connectivity index (χ1) is 3.39. The van der Waals surface area contributed by atoms with E-state index in [9.17, 15) is 0 Å². The molecule has 1 rings (SSSR count). The number of nitrogens with two attached hydrogens (primary N) is 1. The summed E-state index contributed by atoms with van der Waals surface area (Å²) >= 11 is 1.65. The average Bonchev–Trinajstić information content (AvgIpc) is 1.69. The van der Waals surface area contributed by atoms with E-state index in [1.807, 2.05) is 5.41 Å². The minimum atomic E-state index is 0.638. The molecule has 0 bridgehead atoms. The van der Waals surface area contributed by atoms with Crippen LogP contribution >= 0.6 is 11.8 Å². The van der Waals surface area contributed by atoms with Crippen molar-refractivity contribution in [3.05, 3.63) is 11.5 Å². The van der Waals surface area contributed by atoms with Gasteiger partial charge in [0.15, 0.2) is 0 Å². The standard InChI is InChI=1S/C4H6N2S/c5-4-1-2-7-3-6-4/h1-2H,3H2,(H2,5,6). The van der Waals surface area contributed by atoms with Crippen LogP contribution in [0.4, 0.5) is 0 Å². The molecular weight excluding hydrogens is 108 g/mol. The van der Waals surface area contributed by atoms with E-state index in [-0.39, 0.29) is 0 Å². The Labute approximate surface area is 46.5 Å². The van der Waals surface area contributed by atoms with Gasteiger partial charge < -0.3 is 5.73 Å². The lowest BCUT2D eigenvalue weighted by atomic mass is 10.6. The van der Waals surface area contributed by atoms with Crippen molar-refractivity contribution in [2.24, 2.45) is 10.7 Å². The highest BCUT2D eigenvalue weighted by Gasteiger charge is 1.88. The van der Waals surface area contributed by atoms with Gasteiger partial charge in [0.1, 0.15) is 5.84 Å². The minimum Gasteiger partial charge on any atom is -0.384 e. The molecule has 38 valence electrons. The molecule has 0 saturated carbocycles. The summed E-state index contributed by atoms with van der Waals surface area (Å²) in [5, 5.41) is 1.95. The quantitative estimate of drug-likeness (QED) is 0.499. The van der Waals surface area contributed by atoms with Crippen molar-refractivity contribution in [1.82, 2.24) is 0 Å². The molecule has 0 fully saturated rings. The van der Waals surface area contributed by atoms with Gasteiger partial charge >= 0.3 is 0 Å². The third kappa shape index (κ3) is 1.23. The van der Waals surface area contributed by atoms with Crippen LogP contribution in [0.25, 0.3) is 0 Å². The molecule has 1 aliphatic heterocycles. The third-order valence-electron chi connectivity index (χ3n) is 0.657. The molecule has 1 heterocycles. The summed E-state index contributed by atoms with van der Waals surface area (Å²) < 4.78 is 0. The molecule has 0 unspecified atom stereocenters. The summed E-state index contributed by atoms with van der Waals surface area (Å²) in [5.74, 6) is 1.42. The first-order valence-electron chi connectivity index (χ1n) is 1.97. The van der Waals surface area contributed by atoms with Crippen molar-refractivity contribution in [2.45, 2.75) is 0 Å². The molecule has 2 nitrogen and oxygen atoms in total. The van der Waals surface area contributed by atoms with Crippen LogP contribution in [0.2, 0.25) is 0 Å². The van der Waals surface area contributed by atoms with Crippen LogP contribution in [0.5, 0.6) is 0 Å². The largest absolute Gasteiger partial charge is 0.384 e. The monoisotopic (exact) mass is 114 g/mol. The fourth-order valence-corrected chi connectivity index (χ4v) is 0.871. The number of hydrogen-bond acceptors (Lipinski definition) is 3. The smallest absolute Gasteiger partial charge is 0.119 e. The first kappa shape index (κ1) is 4.71. The second kappa shape index (κ2) is 2.02. The van der Waals surface area contributed by atoms with Gasteiger partial charge in [-0.3, -0.25) is 4.99 Å². The van der Waals surface area contributed by atoms with E-state index in [0.717, 1.165) is 5.88 Å². The maximum absolute atomic E-state index is 5.28. The Morgan fingerprint density at radius 3 is 3.00 bits per heavy atom. The van der Waals surface area contributed by atoms with E-state index < -0.39 is 0 Å². The topological polar surface area (TPSA) is 38.4 Å². The van der Waals surface area contributed by atoms with Gasteiger partial charge in [-0.1, -0.05) is 0 Å². The number of amidine groups is 1. The Bertz CT molecular complexity index is 117. The van der Waals surface area contributed by atoms with Gasteiger partial charge in [0.05, 0.1) is 5.88 Å². The predicted molar refractivity (Wildman–Crippen MR) is 33.2 cm³/mol. The van der Waals surface area contributed by atoms with Crippen molar-refractivity contribution >= 4 is 17.6 Å². The lowest BCUT2D eigenvalue weighted by Gasteiger charge is -1.96. The number of hydrogen-bond donors (Lipinski definition) is 1. The molecule has 0 saturated heterocycles. The number of nitrogens with zero attached hydrogens (tertiary/aromatic N) is 1. The number of thioether (sulfide) groups is 1. The molecule has 0 radical (unpaired) electrons. The molecule has 0 amide bonds. The van der Waals surface area contributed by atoms with Crippen molar-refractivity contribution in [1.29, 1.82) is 0 Å². The number of aliphatic imine (C=N–C) groups is 1. The Kier molecular flexibility index (Phi) is 1.36. The fourth-order valence-electron chi connectivity index (χ4n) is 0.325. The second-order valence-corrected chi connectivity index (χ2v) is 2.05. The fraction of sp³-hybridized carbons (Fsp3) is 0.250. The zero-order valence-corrected chi connectivity index (χ0v) is 4.61. The Morgan fingerprint density at radius 1 is 1.86 bits per heavy atom. The van der Waals surface area contributed by atoms with E-state index in [0.29, 0.717) is 5.84 Å². The highest BCUT2D eigenvalue weighted by molar-refractivity contribution is 8.02. The lowest BCUT2D eigenvalue weighted by molar-refractivity contribution is 1.35. The Hall–Kier alpha value is -0.440. The van der Waals surface area contributed by atoms with Crippen molar-refractivity contribution < 1.29 is 0 Å². The van der Waals surface area contributed by atoms with Crippen molar-refractivity contribution in [3.63, 3.8) is 0 Å². The zero-order valence-electron chi connectivity index (χ0n) is 3.79. The highest BCUT2D eigenvalue weighted by Crippen LogP contribution is 2.05. The molecule has 7 heavy (non-hydrogen) atoms. The second-order valence-electron chi connectivity index (χ2n) is 1.18. The van der Waals surface area contributed by atoms with Gasteiger partial charge in [0, 0.05) is 0 Å². The zero-order chi connectivity index (χ0) is 5.11. The summed E-state index contributed by atoms with van der Waals surface area (Å²) in [7, 11) is 0. The maximum Gasteiger partial charge on any atom is 0.119 e. The van der Waals surface area contributed by atoms with Gasteiger partial charge in [-0.05, 0) is 11.5 Å². The van der Waals surface area contributed by atoms with Crippen molar-refractivity contribution in [2.75, 3.05) is 5.88 Å². The SMILES string of the molecule is NC1=NCSC=C1. The van der Waals surface area contributed by atoms with Crippen LogP contribution in [0, 0.1) is 0 Å². The van der Waals surface area contributed by atoms with E-state index in [4.69, 9.17) is 5.73 Å². The van der Waals surface area contributed by atoms with Crippen LogP contribution in [0.1, 0.15) is 0 Å². The lowest BCUT2D eigenvalue weighted by Crippen LogP contribution is -2.09. The molecule has 0 atom stereocenters. The van der Waals surface area contributed by atoms with Crippen LogP contribution in [-0.2, 0) is 0 Å². The van der Waals surface area contributed by atoms with Crippen LogP contribution in [0.15, 0.2) is 16.5 Å². The molecule has 0 aromatic carbocycles. The highest BCUT2D eigenvalue weighted by atomic mass is 32.2. The summed E-state index contributed by atoms with van der Waals surface area (Å²) in [4.78, 5) is 3.90. The van der Waals surface area contributed by atoms with E-state index in [1.54, 1.807) is 17.8 Å². The van der Waals surface area contributed by atoms with Gasteiger partial charge in [-0.2, -0.15) is 0 Å². The molecule has 0 aliphatic carbocycles. The Balaban J connectivity index is 2.58. The van der Waals surface area contributed by atoms with Gasteiger partial charge in [-0.25, -0.2) is 0 Å². The molecule has 1 aliphatic rings. The first-order valence-corrected chi connectivity index (χ1v) is 3.02. The molecule has 0 spiro atoms. The third-order valence-corrected chi connectivity index (χ3v) is 1.26.